The number of amides is 2. The predicted molar refractivity (Wildman–Crippen MR) is 78.8 cm³/mol. The van der Waals surface area contributed by atoms with Gasteiger partial charge in [-0.2, -0.15) is 0 Å². The highest BCUT2D eigenvalue weighted by Crippen LogP contribution is 2.12. The van der Waals surface area contributed by atoms with Gasteiger partial charge in [-0.1, -0.05) is 18.2 Å². The highest BCUT2D eigenvalue weighted by atomic mass is 16.1. The highest BCUT2D eigenvalue weighted by molar-refractivity contribution is 5.73. The lowest BCUT2D eigenvalue weighted by Gasteiger charge is -2.12. The van der Waals surface area contributed by atoms with E-state index in [1.165, 1.54) is 13.8 Å². The minimum atomic E-state index is -0.0639. The summed E-state index contributed by atoms with van der Waals surface area (Å²) in [5, 5.41) is 5.55. The summed E-state index contributed by atoms with van der Waals surface area (Å²) in [5.74, 6) is -0.128. The summed E-state index contributed by atoms with van der Waals surface area (Å²) in [6, 6.07) is 6.13. The summed E-state index contributed by atoms with van der Waals surface area (Å²) < 4.78 is 0. The van der Waals surface area contributed by atoms with Gasteiger partial charge in [-0.3, -0.25) is 9.59 Å². The van der Waals surface area contributed by atoms with E-state index in [0.29, 0.717) is 13.1 Å². The molecule has 1 aromatic rings. The molecule has 0 aliphatic carbocycles. The van der Waals surface area contributed by atoms with Crippen LogP contribution >= 0.6 is 0 Å². The quantitative estimate of drug-likeness (QED) is 0.720. The molecule has 1 aromatic carbocycles. The summed E-state index contributed by atoms with van der Waals surface area (Å²) in [6.45, 7) is 5.90. The van der Waals surface area contributed by atoms with Crippen molar-refractivity contribution in [2.24, 2.45) is 5.73 Å². The van der Waals surface area contributed by atoms with Crippen LogP contribution in [0.3, 0.4) is 0 Å². The van der Waals surface area contributed by atoms with Crippen molar-refractivity contribution < 1.29 is 9.59 Å². The largest absolute Gasteiger partial charge is 0.352 e. The van der Waals surface area contributed by atoms with Crippen molar-refractivity contribution in [2.75, 3.05) is 0 Å². The number of rotatable bonds is 6. The van der Waals surface area contributed by atoms with Gasteiger partial charge in [0, 0.05) is 33.0 Å². The molecule has 0 aliphatic rings. The molecule has 0 spiro atoms. The summed E-state index contributed by atoms with van der Waals surface area (Å²) in [5.41, 5.74) is 8.97. The molecular formula is C15H23N3O2. The van der Waals surface area contributed by atoms with E-state index in [1.807, 2.05) is 25.1 Å². The lowest BCUT2D eigenvalue weighted by Crippen LogP contribution is -2.22. The van der Waals surface area contributed by atoms with Gasteiger partial charge in [0.1, 0.15) is 0 Å². The maximum absolute atomic E-state index is 11.0. The smallest absolute Gasteiger partial charge is 0.217 e. The number of benzene rings is 1. The maximum Gasteiger partial charge on any atom is 0.217 e. The van der Waals surface area contributed by atoms with Gasteiger partial charge >= 0.3 is 0 Å². The van der Waals surface area contributed by atoms with Gasteiger partial charge in [0.2, 0.25) is 11.8 Å². The topological polar surface area (TPSA) is 84.2 Å². The van der Waals surface area contributed by atoms with Crippen LogP contribution in [0.2, 0.25) is 0 Å². The first kappa shape index (κ1) is 16.2. The molecule has 1 rings (SSSR count). The van der Waals surface area contributed by atoms with Crippen LogP contribution in [-0.4, -0.2) is 17.9 Å². The van der Waals surface area contributed by atoms with Crippen molar-refractivity contribution in [1.82, 2.24) is 10.6 Å². The van der Waals surface area contributed by atoms with Crippen molar-refractivity contribution in [1.29, 1.82) is 0 Å². The Bertz CT molecular complexity index is 448. The molecule has 5 nitrogen and oxygen atoms in total. The van der Waals surface area contributed by atoms with E-state index in [1.54, 1.807) is 0 Å². The van der Waals surface area contributed by atoms with E-state index in [0.717, 1.165) is 23.1 Å². The number of hydrogen-bond acceptors (Lipinski definition) is 3. The fraction of sp³-hybridized carbons (Fsp3) is 0.467. The normalized spacial score (nSPS) is 11.8. The third-order valence-corrected chi connectivity index (χ3v) is 2.75. The lowest BCUT2D eigenvalue weighted by molar-refractivity contribution is -0.119. The number of carbonyl (C=O) groups excluding carboxylic acids is 2. The average Bonchev–Trinajstić information content (AvgIpc) is 2.33. The molecule has 0 bridgehead atoms. The fourth-order valence-corrected chi connectivity index (χ4v) is 1.99. The molecule has 0 fully saturated rings. The van der Waals surface area contributed by atoms with Gasteiger partial charge in [-0.05, 0) is 30.0 Å². The van der Waals surface area contributed by atoms with Crippen LogP contribution in [0.15, 0.2) is 18.2 Å². The molecule has 4 N–H and O–H groups in total. The van der Waals surface area contributed by atoms with Gasteiger partial charge in [-0.15, -0.1) is 0 Å². The molecule has 1 atom stereocenters. The second kappa shape index (κ2) is 7.65. The zero-order valence-electron chi connectivity index (χ0n) is 12.3. The Hall–Kier alpha value is -1.88. The van der Waals surface area contributed by atoms with E-state index >= 15 is 0 Å². The first-order valence-corrected chi connectivity index (χ1v) is 6.73. The minimum absolute atomic E-state index is 0.0639. The number of nitrogens with two attached hydrogens (primary N) is 1. The zero-order valence-corrected chi connectivity index (χ0v) is 12.3. The molecule has 2 amide bonds. The second-order valence-corrected chi connectivity index (χ2v) is 5.16. The van der Waals surface area contributed by atoms with Crippen LogP contribution in [0.5, 0.6) is 0 Å². The van der Waals surface area contributed by atoms with E-state index in [-0.39, 0.29) is 17.9 Å². The van der Waals surface area contributed by atoms with Crippen LogP contribution in [0.4, 0.5) is 0 Å². The van der Waals surface area contributed by atoms with Gasteiger partial charge in [0.15, 0.2) is 0 Å². The van der Waals surface area contributed by atoms with Crippen molar-refractivity contribution in [3.05, 3.63) is 34.9 Å². The van der Waals surface area contributed by atoms with Crippen molar-refractivity contribution in [2.45, 2.75) is 46.3 Å². The number of carbonyl (C=O) groups is 2. The molecule has 5 heteroatoms. The molecule has 0 heterocycles. The number of hydrogen-bond donors (Lipinski definition) is 3. The molecule has 0 aliphatic heterocycles. The summed E-state index contributed by atoms with van der Waals surface area (Å²) in [6.07, 6.45) is 0.765. The molecule has 0 aromatic heterocycles. The Kier molecular flexibility index (Phi) is 6.18. The standard InChI is InChI=1S/C15H23N3O2/c1-10(16)4-13-5-14(8-17-11(2)19)7-15(6-13)9-18-12(3)20/h5-7,10H,4,8-9,16H2,1-3H3,(H,17,19)(H,18,20). The Balaban J connectivity index is 2.88. The van der Waals surface area contributed by atoms with Gasteiger partial charge in [0.25, 0.3) is 0 Å². The highest BCUT2D eigenvalue weighted by Gasteiger charge is 2.05. The molecule has 0 saturated carbocycles. The van der Waals surface area contributed by atoms with Crippen LogP contribution < -0.4 is 16.4 Å². The minimum Gasteiger partial charge on any atom is -0.352 e. The van der Waals surface area contributed by atoms with Gasteiger partial charge < -0.3 is 16.4 Å². The van der Waals surface area contributed by atoms with E-state index in [9.17, 15) is 9.59 Å². The van der Waals surface area contributed by atoms with Crippen LogP contribution in [0.25, 0.3) is 0 Å². The Morgan fingerprint density at radius 3 is 1.75 bits per heavy atom. The third-order valence-electron chi connectivity index (χ3n) is 2.75. The Morgan fingerprint density at radius 2 is 1.40 bits per heavy atom. The van der Waals surface area contributed by atoms with Crippen molar-refractivity contribution in [3.63, 3.8) is 0 Å². The molecule has 110 valence electrons. The first-order chi connectivity index (χ1) is 9.36. The van der Waals surface area contributed by atoms with Crippen LogP contribution in [0, 0.1) is 0 Å². The Labute approximate surface area is 119 Å². The maximum atomic E-state index is 11.0. The average molecular weight is 277 g/mol. The number of nitrogens with one attached hydrogen (secondary N) is 2. The molecule has 1 unspecified atom stereocenters. The van der Waals surface area contributed by atoms with Crippen molar-refractivity contribution in [3.8, 4) is 0 Å². The monoisotopic (exact) mass is 277 g/mol. The molecule has 20 heavy (non-hydrogen) atoms. The van der Waals surface area contributed by atoms with Gasteiger partial charge in [-0.25, -0.2) is 0 Å². The summed E-state index contributed by atoms with van der Waals surface area (Å²) >= 11 is 0. The van der Waals surface area contributed by atoms with E-state index < -0.39 is 0 Å². The Morgan fingerprint density at radius 1 is 1.00 bits per heavy atom. The SMILES string of the molecule is CC(=O)NCc1cc(CNC(C)=O)cc(CC(C)N)c1. The first-order valence-electron chi connectivity index (χ1n) is 6.73. The van der Waals surface area contributed by atoms with E-state index in [2.05, 4.69) is 10.6 Å². The zero-order chi connectivity index (χ0) is 15.1. The third kappa shape index (κ3) is 6.33. The fourth-order valence-electron chi connectivity index (χ4n) is 1.99. The molecular weight excluding hydrogens is 254 g/mol. The van der Waals surface area contributed by atoms with Crippen LogP contribution in [-0.2, 0) is 29.1 Å². The van der Waals surface area contributed by atoms with Crippen molar-refractivity contribution >= 4 is 11.8 Å². The van der Waals surface area contributed by atoms with Gasteiger partial charge in [0.05, 0.1) is 0 Å². The van der Waals surface area contributed by atoms with Crippen LogP contribution in [0.1, 0.15) is 37.5 Å². The predicted octanol–water partition coefficient (Wildman–Crippen LogP) is 0.849. The van der Waals surface area contributed by atoms with E-state index in [4.69, 9.17) is 5.73 Å². The second-order valence-electron chi connectivity index (χ2n) is 5.16. The summed E-state index contributed by atoms with van der Waals surface area (Å²) in [7, 11) is 0. The summed E-state index contributed by atoms with van der Waals surface area (Å²) in [4.78, 5) is 22.0. The molecule has 0 radical (unpaired) electrons. The molecule has 0 saturated heterocycles. The lowest BCUT2D eigenvalue weighted by atomic mass is 10.0.